The molecule has 0 fully saturated rings. The lowest BCUT2D eigenvalue weighted by atomic mass is 10.1. The van der Waals surface area contributed by atoms with Gasteiger partial charge in [0.05, 0.1) is 36.8 Å². The van der Waals surface area contributed by atoms with Gasteiger partial charge in [0, 0.05) is 29.8 Å². The van der Waals surface area contributed by atoms with Crippen LogP contribution >= 0.6 is 10.0 Å². The van der Waals surface area contributed by atoms with Gasteiger partial charge in [0.15, 0.2) is 11.6 Å². The SMILES string of the molecule is COc1cc(-n2ccnc2-c2cc(C)c3ncn(COCCS(C)(C)C)c3c2)ccc1F. The van der Waals surface area contributed by atoms with Crippen LogP contribution in [0.25, 0.3) is 28.1 Å². The number of ether oxygens (including phenoxy) is 2. The average molecular weight is 457 g/mol. The topological polar surface area (TPSA) is 54.1 Å². The fourth-order valence-electron chi connectivity index (χ4n) is 3.56. The second-order valence-corrected chi connectivity index (χ2v) is 13.2. The fourth-order valence-corrected chi connectivity index (χ4v) is 4.18. The van der Waals surface area contributed by atoms with E-state index in [1.807, 2.05) is 28.6 Å². The van der Waals surface area contributed by atoms with Crippen molar-refractivity contribution in [2.24, 2.45) is 0 Å². The number of hydrogen-bond donors (Lipinski definition) is 0. The molecule has 0 radical (unpaired) electrons. The maximum absolute atomic E-state index is 13.9. The van der Waals surface area contributed by atoms with E-state index >= 15 is 0 Å². The Balaban J connectivity index is 1.67. The summed E-state index contributed by atoms with van der Waals surface area (Å²) in [7, 11) is 0.876. The molecule has 0 N–H and O–H groups in total. The van der Waals surface area contributed by atoms with E-state index in [0.29, 0.717) is 6.73 Å². The first-order valence-electron chi connectivity index (χ1n) is 10.3. The minimum Gasteiger partial charge on any atom is -0.494 e. The molecule has 8 heteroatoms. The zero-order valence-electron chi connectivity index (χ0n) is 19.1. The largest absolute Gasteiger partial charge is 0.494 e. The van der Waals surface area contributed by atoms with Crippen molar-refractivity contribution < 1.29 is 13.9 Å². The molecule has 32 heavy (non-hydrogen) atoms. The minimum atomic E-state index is -0.583. The van der Waals surface area contributed by atoms with E-state index in [9.17, 15) is 4.39 Å². The third-order valence-electron chi connectivity index (χ3n) is 5.30. The van der Waals surface area contributed by atoms with Crippen molar-refractivity contribution in [3.05, 3.63) is 60.4 Å². The van der Waals surface area contributed by atoms with Crippen LogP contribution in [0.3, 0.4) is 0 Å². The van der Waals surface area contributed by atoms with Crippen molar-refractivity contribution in [2.75, 3.05) is 38.2 Å². The van der Waals surface area contributed by atoms with Crippen LogP contribution in [0.5, 0.6) is 5.75 Å². The zero-order valence-corrected chi connectivity index (χ0v) is 19.9. The van der Waals surface area contributed by atoms with E-state index in [-0.39, 0.29) is 5.75 Å². The summed E-state index contributed by atoms with van der Waals surface area (Å²) in [6.07, 6.45) is 12.3. The van der Waals surface area contributed by atoms with Crippen LogP contribution in [-0.4, -0.2) is 57.3 Å². The van der Waals surface area contributed by atoms with Crippen LogP contribution in [0.15, 0.2) is 49.1 Å². The highest BCUT2D eigenvalue weighted by molar-refractivity contribution is 8.32. The van der Waals surface area contributed by atoms with Crippen LogP contribution in [-0.2, 0) is 11.5 Å². The summed E-state index contributed by atoms with van der Waals surface area (Å²) >= 11 is 0. The highest BCUT2D eigenvalue weighted by Crippen LogP contribution is 2.34. The van der Waals surface area contributed by atoms with Crippen LogP contribution in [0, 0.1) is 12.7 Å². The van der Waals surface area contributed by atoms with E-state index in [0.717, 1.165) is 46.0 Å². The zero-order chi connectivity index (χ0) is 22.9. The number of aryl methyl sites for hydroxylation is 1. The lowest BCUT2D eigenvalue weighted by Crippen LogP contribution is -2.09. The first-order valence-corrected chi connectivity index (χ1v) is 13.4. The molecule has 0 amide bonds. The molecule has 4 aromatic rings. The van der Waals surface area contributed by atoms with Crippen molar-refractivity contribution in [1.29, 1.82) is 0 Å². The summed E-state index contributed by atoms with van der Waals surface area (Å²) in [6, 6.07) is 8.93. The lowest BCUT2D eigenvalue weighted by Gasteiger charge is -2.24. The molecule has 0 aliphatic carbocycles. The average Bonchev–Trinajstić information content (AvgIpc) is 3.38. The third-order valence-corrected chi connectivity index (χ3v) is 6.69. The second-order valence-electron chi connectivity index (χ2n) is 8.65. The Bertz CT molecular complexity index is 1240. The van der Waals surface area contributed by atoms with Crippen molar-refractivity contribution in [2.45, 2.75) is 13.7 Å². The highest BCUT2D eigenvalue weighted by Gasteiger charge is 2.14. The van der Waals surface area contributed by atoms with Gasteiger partial charge < -0.3 is 14.0 Å². The molecule has 0 bridgehead atoms. The molecule has 2 aromatic heterocycles. The highest BCUT2D eigenvalue weighted by atomic mass is 32.3. The Morgan fingerprint density at radius 2 is 1.91 bits per heavy atom. The number of fused-ring (bicyclic) bond motifs is 1. The molecule has 0 unspecified atom stereocenters. The monoisotopic (exact) mass is 456 g/mol. The van der Waals surface area contributed by atoms with Gasteiger partial charge in [-0.05, 0) is 55.5 Å². The smallest absolute Gasteiger partial charge is 0.165 e. The summed E-state index contributed by atoms with van der Waals surface area (Å²) in [5.41, 5.74) is 4.72. The maximum Gasteiger partial charge on any atom is 0.165 e. The summed E-state index contributed by atoms with van der Waals surface area (Å²) in [4.78, 5) is 9.16. The van der Waals surface area contributed by atoms with Gasteiger partial charge in [-0.25, -0.2) is 24.4 Å². The summed E-state index contributed by atoms with van der Waals surface area (Å²) in [6.45, 7) is 3.23. The second kappa shape index (κ2) is 8.96. The number of nitrogens with zero attached hydrogens (tertiary/aromatic N) is 4. The molecule has 0 aliphatic heterocycles. The van der Waals surface area contributed by atoms with Crippen LogP contribution < -0.4 is 4.74 Å². The molecule has 4 rings (SSSR count). The number of imidazole rings is 2. The molecule has 0 aliphatic rings. The molecule has 2 aromatic carbocycles. The third kappa shape index (κ3) is 4.66. The molecular weight excluding hydrogens is 427 g/mol. The van der Waals surface area contributed by atoms with Gasteiger partial charge >= 0.3 is 0 Å². The predicted molar refractivity (Wildman–Crippen MR) is 130 cm³/mol. The van der Waals surface area contributed by atoms with Gasteiger partial charge in [-0.15, -0.1) is 0 Å². The first-order chi connectivity index (χ1) is 15.3. The lowest BCUT2D eigenvalue weighted by molar-refractivity contribution is 0.0923. The summed E-state index contributed by atoms with van der Waals surface area (Å²) in [5.74, 6) is 1.63. The standard InChI is InChI=1S/C24H29FN4O2S/c1-17-12-18(13-21-23(17)27-15-28(21)16-31-10-11-32(3,4)5)24-26-8-9-29(24)19-6-7-20(25)22(14-19)30-2/h6-9,12-15H,10-11,16H2,1-5H3. The number of halogens is 1. The van der Waals surface area contributed by atoms with Crippen molar-refractivity contribution in [1.82, 2.24) is 19.1 Å². The Kier molecular flexibility index (Phi) is 6.26. The summed E-state index contributed by atoms with van der Waals surface area (Å²) < 4.78 is 28.9. The molecule has 0 saturated carbocycles. The van der Waals surface area contributed by atoms with Gasteiger partial charge in [0.1, 0.15) is 12.6 Å². The van der Waals surface area contributed by atoms with Gasteiger partial charge in [0.25, 0.3) is 0 Å². The molecule has 0 saturated heterocycles. The normalized spacial score (nSPS) is 12.4. The Labute approximate surface area is 189 Å². The predicted octanol–water partition coefficient (Wildman–Crippen LogP) is 5.01. The molecule has 0 spiro atoms. The number of aromatic nitrogens is 4. The molecule has 170 valence electrons. The fraction of sp³-hybridized carbons (Fsp3) is 0.333. The van der Waals surface area contributed by atoms with Crippen molar-refractivity contribution >= 4 is 21.1 Å². The van der Waals surface area contributed by atoms with E-state index in [2.05, 4.69) is 40.9 Å². The molecule has 6 nitrogen and oxygen atoms in total. The van der Waals surface area contributed by atoms with Crippen LogP contribution in [0.4, 0.5) is 4.39 Å². The Hall–Kier alpha value is -2.84. The van der Waals surface area contributed by atoms with E-state index in [1.165, 1.54) is 13.2 Å². The number of hydrogen-bond acceptors (Lipinski definition) is 4. The van der Waals surface area contributed by atoms with Gasteiger partial charge in [0.2, 0.25) is 0 Å². The van der Waals surface area contributed by atoms with E-state index in [1.54, 1.807) is 18.3 Å². The number of rotatable bonds is 8. The first kappa shape index (κ1) is 22.4. The molecule has 0 atom stereocenters. The Morgan fingerprint density at radius 3 is 2.66 bits per heavy atom. The van der Waals surface area contributed by atoms with Crippen molar-refractivity contribution in [3.8, 4) is 22.8 Å². The van der Waals surface area contributed by atoms with E-state index in [4.69, 9.17) is 9.47 Å². The molecular formula is C24H29FN4O2S. The van der Waals surface area contributed by atoms with Crippen LogP contribution in [0.1, 0.15) is 5.56 Å². The van der Waals surface area contributed by atoms with Crippen LogP contribution in [0.2, 0.25) is 0 Å². The molecule has 2 heterocycles. The van der Waals surface area contributed by atoms with Gasteiger partial charge in [-0.2, -0.15) is 0 Å². The van der Waals surface area contributed by atoms with Gasteiger partial charge in [-0.1, -0.05) is 0 Å². The minimum absolute atomic E-state index is 0.195. The summed E-state index contributed by atoms with van der Waals surface area (Å²) in [5, 5.41) is 0. The van der Waals surface area contributed by atoms with E-state index < -0.39 is 15.8 Å². The van der Waals surface area contributed by atoms with Gasteiger partial charge in [-0.3, -0.25) is 4.57 Å². The Morgan fingerprint density at radius 1 is 1.09 bits per heavy atom. The number of benzene rings is 2. The maximum atomic E-state index is 13.9. The number of methoxy groups -OCH3 is 1. The quantitative estimate of drug-likeness (QED) is 0.350. The van der Waals surface area contributed by atoms with Crippen molar-refractivity contribution in [3.63, 3.8) is 0 Å².